The fourth-order valence-electron chi connectivity index (χ4n) is 2.80. The maximum absolute atomic E-state index is 5.94. The molecule has 21 heavy (non-hydrogen) atoms. The summed E-state index contributed by atoms with van der Waals surface area (Å²) in [4.78, 5) is 0. The van der Waals surface area contributed by atoms with Crippen molar-refractivity contribution in [3.8, 4) is 5.75 Å². The van der Waals surface area contributed by atoms with Gasteiger partial charge in [-0.15, -0.1) is 5.10 Å². The Morgan fingerprint density at radius 3 is 3.05 bits per heavy atom. The van der Waals surface area contributed by atoms with E-state index in [0.717, 1.165) is 43.4 Å². The molecule has 0 amide bonds. The van der Waals surface area contributed by atoms with E-state index in [0.29, 0.717) is 0 Å². The summed E-state index contributed by atoms with van der Waals surface area (Å²) in [5.41, 5.74) is 2.29. The lowest BCUT2D eigenvalue weighted by molar-refractivity contribution is 0.202. The van der Waals surface area contributed by atoms with E-state index in [2.05, 4.69) is 27.8 Å². The first-order valence-electron chi connectivity index (χ1n) is 7.71. The van der Waals surface area contributed by atoms with Crippen molar-refractivity contribution in [2.24, 2.45) is 5.92 Å². The lowest BCUT2D eigenvalue weighted by Crippen LogP contribution is -2.21. The third-order valence-corrected chi connectivity index (χ3v) is 4.13. The van der Waals surface area contributed by atoms with E-state index in [1.807, 2.05) is 23.0 Å². The number of para-hydroxylation sites is 1. The van der Waals surface area contributed by atoms with E-state index in [9.17, 15) is 0 Å². The lowest BCUT2D eigenvalue weighted by atomic mass is 10.1. The number of nitrogens with zero attached hydrogens (tertiary/aromatic N) is 3. The van der Waals surface area contributed by atoms with E-state index < -0.39 is 0 Å². The standard InChI is InChI=1S/C16H20N4O/c1-2-4-16-13(3-1)7-15(21-16)11-20-10-14(18-19-20)9-17-8-12-5-6-12/h1-4,10,12,15,17H,5-9,11H2. The Morgan fingerprint density at radius 2 is 2.19 bits per heavy atom. The van der Waals surface area contributed by atoms with Crippen molar-refractivity contribution in [2.75, 3.05) is 6.54 Å². The largest absolute Gasteiger partial charge is 0.488 e. The van der Waals surface area contributed by atoms with Gasteiger partial charge in [-0.05, 0) is 36.9 Å². The molecule has 1 aliphatic carbocycles. The lowest BCUT2D eigenvalue weighted by Gasteiger charge is -2.09. The van der Waals surface area contributed by atoms with Crippen LogP contribution in [-0.2, 0) is 19.5 Å². The van der Waals surface area contributed by atoms with Crippen LogP contribution in [0.25, 0.3) is 0 Å². The molecule has 1 atom stereocenters. The second kappa shape index (κ2) is 5.48. The molecule has 2 aliphatic rings. The molecule has 110 valence electrons. The number of hydrogen-bond acceptors (Lipinski definition) is 4. The molecule has 1 saturated carbocycles. The van der Waals surface area contributed by atoms with Gasteiger partial charge in [0.1, 0.15) is 11.9 Å². The molecular weight excluding hydrogens is 264 g/mol. The molecule has 2 heterocycles. The van der Waals surface area contributed by atoms with Gasteiger partial charge in [-0.1, -0.05) is 23.4 Å². The summed E-state index contributed by atoms with van der Waals surface area (Å²) in [7, 11) is 0. The van der Waals surface area contributed by atoms with Gasteiger partial charge in [0.25, 0.3) is 0 Å². The first-order chi connectivity index (χ1) is 10.4. The van der Waals surface area contributed by atoms with E-state index in [1.54, 1.807) is 0 Å². The zero-order valence-corrected chi connectivity index (χ0v) is 12.0. The average molecular weight is 284 g/mol. The van der Waals surface area contributed by atoms with Gasteiger partial charge in [0.2, 0.25) is 0 Å². The molecule has 1 unspecified atom stereocenters. The van der Waals surface area contributed by atoms with Crippen LogP contribution in [0.15, 0.2) is 30.5 Å². The number of rotatable bonds is 6. The molecular formula is C16H20N4O. The molecule has 1 aromatic carbocycles. The van der Waals surface area contributed by atoms with Gasteiger partial charge in [-0.25, -0.2) is 4.68 Å². The van der Waals surface area contributed by atoms with Gasteiger partial charge in [0.05, 0.1) is 12.2 Å². The van der Waals surface area contributed by atoms with Gasteiger partial charge in [0, 0.05) is 19.2 Å². The Bertz CT molecular complexity index is 595. The van der Waals surface area contributed by atoms with Crippen LogP contribution in [0, 0.1) is 5.92 Å². The number of ether oxygens (including phenoxy) is 1. The second-order valence-corrected chi connectivity index (χ2v) is 6.06. The van der Waals surface area contributed by atoms with E-state index >= 15 is 0 Å². The number of hydrogen-bond donors (Lipinski definition) is 1. The van der Waals surface area contributed by atoms with Crippen molar-refractivity contribution in [2.45, 2.75) is 38.5 Å². The van der Waals surface area contributed by atoms with Crippen LogP contribution in [0.4, 0.5) is 0 Å². The molecule has 0 spiro atoms. The van der Waals surface area contributed by atoms with Crippen LogP contribution in [-0.4, -0.2) is 27.6 Å². The minimum atomic E-state index is 0.163. The van der Waals surface area contributed by atoms with Crippen molar-refractivity contribution < 1.29 is 4.74 Å². The Morgan fingerprint density at radius 1 is 1.29 bits per heavy atom. The Balaban J connectivity index is 1.30. The van der Waals surface area contributed by atoms with Crippen molar-refractivity contribution >= 4 is 0 Å². The monoisotopic (exact) mass is 284 g/mol. The highest BCUT2D eigenvalue weighted by atomic mass is 16.5. The Labute approximate surface area is 124 Å². The number of fused-ring (bicyclic) bond motifs is 1. The minimum Gasteiger partial charge on any atom is -0.488 e. The van der Waals surface area contributed by atoms with Gasteiger partial charge >= 0.3 is 0 Å². The number of aromatic nitrogens is 3. The van der Waals surface area contributed by atoms with Crippen molar-refractivity contribution in [1.29, 1.82) is 0 Å². The summed E-state index contributed by atoms with van der Waals surface area (Å²) in [5.74, 6) is 1.90. The van der Waals surface area contributed by atoms with Crippen LogP contribution in [0.5, 0.6) is 5.75 Å². The van der Waals surface area contributed by atoms with Crippen LogP contribution in [0.2, 0.25) is 0 Å². The maximum Gasteiger partial charge on any atom is 0.123 e. The second-order valence-electron chi connectivity index (χ2n) is 6.06. The third-order valence-electron chi connectivity index (χ3n) is 4.13. The topological polar surface area (TPSA) is 52.0 Å². The van der Waals surface area contributed by atoms with Crippen LogP contribution < -0.4 is 10.1 Å². The molecule has 0 bridgehead atoms. The summed E-state index contributed by atoms with van der Waals surface area (Å²) in [6.07, 6.45) is 5.88. The Hall–Kier alpha value is -1.88. The fraction of sp³-hybridized carbons (Fsp3) is 0.500. The molecule has 2 aromatic rings. The molecule has 0 saturated heterocycles. The van der Waals surface area contributed by atoms with E-state index in [4.69, 9.17) is 4.74 Å². The molecule has 1 N–H and O–H groups in total. The van der Waals surface area contributed by atoms with Crippen LogP contribution >= 0.6 is 0 Å². The highest BCUT2D eigenvalue weighted by Gasteiger charge is 2.23. The summed E-state index contributed by atoms with van der Waals surface area (Å²) in [5, 5.41) is 11.9. The molecule has 1 aromatic heterocycles. The normalized spacial score (nSPS) is 20.3. The maximum atomic E-state index is 5.94. The van der Waals surface area contributed by atoms with Crippen LogP contribution in [0.1, 0.15) is 24.1 Å². The number of nitrogens with one attached hydrogen (secondary N) is 1. The third kappa shape index (κ3) is 3.08. The molecule has 1 fully saturated rings. The fourth-order valence-corrected chi connectivity index (χ4v) is 2.80. The van der Waals surface area contributed by atoms with Gasteiger partial charge < -0.3 is 10.1 Å². The predicted octanol–water partition coefficient (Wildman–Crippen LogP) is 1.78. The van der Waals surface area contributed by atoms with E-state index in [-0.39, 0.29) is 6.10 Å². The van der Waals surface area contributed by atoms with Gasteiger partial charge in [0.15, 0.2) is 0 Å². The molecule has 5 nitrogen and oxygen atoms in total. The first-order valence-corrected chi connectivity index (χ1v) is 7.71. The molecule has 4 rings (SSSR count). The van der Waals surface area contributed by atoms with Crippen LogP contribution in [0.3, 0.4) is 0 Å². The number of benzene rings is 1. The summed E-state index contributed by atoms with van der Waals surface area (Å²) < 4.78 is 7.83. The molecule has 0 radical (unpaired) electrons. The predicted molar refractivity (Wildman–Crippen MR) is 79.0 cm³/mol. The van der Waals surface area contributed by atoms with Gasteiger partial charge in [-0.3, -0.25) is 0 Å². The van der Waals surface area contributed by atoms with Crippen molar-refractivity contribution in [1.82, 2.24) is 20.3 Å². The highest BCUT2D eigenvalue weighted by molar-refractivity contribution is 5.37. The zero-order chi connectivity index (χ0) is 14.1. The minimum absolute atomic E-state index is 0.163. The van der Waals surface area contributed by atoms with Gasteiger partial charge in [-0.2, -0.15) is 0 Å². The van der Waals surface area contributed by atoms with Crippen molar-refractivity contribution in [3.05, 3.63) is 41.7 Å². The highest BCUT2D eigenvalue weighted by Crippen LogP contribution is 2.29. The smallest absolute Gasteiger partial charge is 0.123 e. The average Bonchev–Trinajstić information content (AvgIpc) is 3.06. The summed E-state index contributed by atoms with van der Waals surface area (Å²) in [6, 6.07) is 8.23. The Kier molecular flexibility index (Phi) is 3.35. The quantitative estimate of drug-likeness (QED) is 0.878. The SMILES string of the molecule is c1ccc2c(c1)CC(Cn1cc(CNCC3CC3)nn1)O2. The molecule has 1 aliphatic heterocycles. The van der Waals surface area contributed by atoms with E-state index in [1.165, 1.54) is 18.4 Å². The molecule has 5 heteroatoms. The van der Waals surface area contributed by atoms with Crippen molar-refractivity contribution in [3.63, 3.8) is 0 Å². The first kappa shape index (κ1) is 12.8. The summed E-state index contributed by atoms with van der Waals surface area (Å²) in [6.45, 7) is 2.67. The zero-order valence-electron chi connectivity index (χ0n) is 12.0. The summed E-state index contributed by atoms with van der Waals surface area (Å²) >= 11 is 0.